The zero-order valence-electron chi connectivity index (χ0n) is 13.6. The average Bonchev–Trinajstić information content (AvgIpc) is 3.00. The van der Waals surface area contributed by atoms with Crippen LogP contribution >= 0.6 is 0 Å². The van der Waals surface area contributed by atoms with E-state index >= 15 is 0 Å². The summed E-state index contributed by atoms with van der Waals surface area (Å²) in [6, 6.07) is 7.26. The quantitative estimate of drug-likeness (QED) is 0.845. The third-order valence-corrected chi connectivity index (χ3v) is 4.52. The molecule has 7 heteroatoms. The van der Waals surface area contributed by atoms with Crippen molar-refractivity contribution in [2.45, 2.75) is 12.8 Å². The lowest BCUT2D eigenvalue weighted by molar-refractivity contribution is -0.119. The molecular formula is C17H22N4O3. The van der Waals surface area contributed by atoms with Gasteiger partial charge in [-0.15, -0.1) is 0 Å². The number of hydrogen-bond donors (Lipinski definition) is 1. The molecule has 0 aromatic heterocycles. The first-order valence-corrected chi connectivity index (χ1v) is 8.25. The molecule has 0 atom stereocenters. The van der Waals surface area contributed by atoms with E-state index in [1.165, 1.54) is 0 Å². The fourth-order valence-electron chi connectivity index (χ4n) is 3.24. The van der Waals surface area contributed by atoms with Crippen LogP contribution in [0.1, 0.15) is 23.2 Å². The third-order valence-electron chi connectivity index (χ3n) is 4.52. The van der Waals surface area contributed by atoms with Crippen LogP contribution in [0.4, 0.5) is 5.69 Å². The van der Waals surface area contributed by atoms with Gasteiger partial charge in [-0.05, 0) is 24.6 Å². The molecule has 3 rings (SSSR count). The van der Waals surface area contributed by atoms with E-state index in [-0.39, 0.29) is 24.3 Å². The molecule has 1 aromatic rings. The molecule has 2 aliphatic rings. The molecule has 0 spiro atoms. The number of anilines is 1. The van der Waals surface area contributed by atoms with Gasteiger partial charge in [-0.3, -0.25) is 19.3 Å². The predicted molar refractivity (Wildman–Crippen MR) is 89.6 cm³/mol. The lowest BCUT2D eigenvalue weighted by Crippen LogP contribution is -2.50. The van der Waals surface area contributed by atoms with Crippen molar-refractivity contribution in [2.75, 3.05) is 44.2 Å². The van der Waals surface area contributed by atoms with Crippen LogP contribution in [-0.4, -0.2) is 66.8 Å². The van der Waals surface area contributed by atoms with Gasteiger partial charge in [0.2, 0.25) is 11.8 Å². The summed E-state index contributed by atoms with van der Waals surface area (Å²) in [6.45, 7) is 3.35. The van der Waals surface area contributed by atoms with Gasteiger partial charge in [0.1, 0.15) is 0 Å². The van der Waals surface area contributed by atoms with Crippen LogP contribution in [0.2, 0.25) is 0 Å². The van der Waals surface area contributed by atoms with Crippen molar-refractivity contribution in [2.24, 2.45) is 5.73 Å². The van der Waals surface area contributed by atoms with Crippen LogP contribution in [0.25, 0.3) is 0 Å². The van der Waals surface area contributed by atoms with Crippen molar-refractivity contribution in [3.05, 3.63) is 29.8 Å². The Morgan fingerprint density at radius 3 is 2.46 bits per heavy atom. The number of nitrogens with zero attached hydrogens (tertiary/aromatic N) is 3. The van der Waals surface area contributed by atoms with Gasteiger partial charge in [0.15, 0.2) is 0 Å². The lowest BCUT2D eigenvalue weighted by Gasteiger charge is -2.34. The molecule has 0 saturated carbocycles. The van der Waals surface area contributed by atoms with Crippen molar-refractivity contribution < 1.29 is 14.4 Å². The predicted octanol–water partition coefficient (Wildman–Crippen LogP) is 0.0565. The summed E-state index contributed by atoms with van der Waals surface area (Å²) in [5.74, 6) is -0.278. The molecule has 0 bridgehead atoms. The van der Waals surface area contributed by atoms with Crippen LogP contribution in [0.3, 0.4) is 0 Å². The molecule has 2 N–H and O–H groups in total. The fourth-order valence-corrected chi connectivity index (χ4v) is 3.24. The topological polar surface area (TPSA) is 87.0 Å². The normalized spacial score (nSPS) is 18.9. The van der Waals surface area contributed by atoms with E-state index in [0.717, 1.165) is 12.1 Å². The maximum atomic E-state index is 12.7. The Kier molecular flexibility index (Phi) is 4.80. The molecule has 0 radical (unpaired) electrons. The molecule has 128 valence electrons. The van der Waals surface area contributed by atoms with Gasteiger partial charge >= 0.3 is 0 Å². The number of piperazine rings is 1. The summed E-state index contributed by atoms with van der Waals surface area (Å²) in [5, 5.41) is 0. The Labute approximate surface area is 141 Å². The minimum atomic E-state index is -0.349. The summed E-state index contributed by atoms with van der Waals surface area (Å²) in [6.07, 6.45) is 1.43. The van der Waals surface area contributed by atoms with Gasteiger partial charge in [-0.25, -0.2) is 0 Å². The molecular weight excluding hydrogens is 308 g/mol. The van der Waals surface area contributed by atoms with E-state index in [1.54, 1.807) is 21.9 Å². The first-order chi connectivity index (χ1) is 11.5. The van der Waals surface area contributed by atoms with Crippen molar-refractivity contribution >= 4 is 23.4 Å². The second-order valence-electron chi connectivity index (χ2n) is 6.23. The highest BCUT2D eigenvalue weighted by Crippen LogP contribution is 2.23. The van der Waals surface area contributed by atoms with Gasteiger partial charge in [0.05, 0.1) is 6.54 Å². The zero-order chi connectivity index (χ0) is 17.1. The first-order valence-electron chi connectivity index (χ1n) is 8.25. The molecule has 24 heavy (non-hydrogen) atoms. The largest absolute Gasteiger partial charge is 0.369 e. The Morgan fingerprint density at radius 2 is 1.83 bits per heavy atom. The maximum Gasteiger partial charge on any atom is 0.254 e. The fraction of sp³-hybridized carbons (Fsp3) is 0.471. The number of hydrogen-bond acceptors (Lipinski definition) is 4. The zero-order valence-corrected chi connectivity index (χ0v) is 13.6. The monoisotopic (exact) mass is 330 g/mol. The molecule has 7 nitrogen and oxygen atoms in total. The summed E-state index contributed by atoms with van der Waals surface area (Å²) >= 11 is 0. The molecule has 2 fully saturated rings. The van der Waals surface area contributed by atoms with Gasteiger partial charge in [0, 0.05) is 50.4 Å². The summed E-state index contributed by atoms with van der Waals surface area (Å²) in [4.78, 5) is 41.0. The highest BCUT2D eigenvalue weighted by Gasteiger charge is 2.25. The summed E-state index contributed by atoms with van der Waals surface area (Å²) in [5.41, 5.74) is 6.58. The van der Waals surface area contributed by atoms with E-state index in [0.29, 0.717) is 44.7 Å². The van der Waals surface area contributed by atoms with Crippen LogP contribution in [-0.2, 0) is 9.59 Å². The van der Waals surface area contributed by atoms with Crippen LogP contribution in [0, 0.1) is 0 Å². The molecule has 2 saturated heterocycles. The number of rotatable bonds is 4. The second-order valence-corrected chi connectivity index (χ2v) is 6.23. The minimum Gasteiger partial charge on any atom is -0.369 e. The van der Waals surface area contributed by atoms with Crippen molar-refractivity contribution in [3.8, 4) is 0 Å². The second kappa shape index (κ2) is 7.00. The summed E-state index contributed by atoms with van der Waals surface area (Å²) in [7, 11) is 0. The number of primary amides is 1. The maximum absolute atomic E-state index is 12.7. The Morgan fingerprint density at radius 1 is 1.08 bits per heavy atom. The lowest BCUT2D eigenvalue weighted by atomic mass is 10.1. The highest BCUT2D eigenvalue weighted by atomic mass is 16.2. The van der Waals surface area contributed by atoms with Crippen molar-refractivity contribution in [1.29, 1.82) is 0 Å². The molecule has 0 unspecified atom stereocenters. The smallest absolute Gasteiger partial charge is 0.254 e. The van der Waals surface area contributed by atoms with Gasteiger partial charge in [-0.1, -0.05) is 6.07 Å². The van der Waals surface area contributed by atoms with Crippen LogP contribution in [0.15, 0.2) is 24.3 Å². The van der Waals surface area contributed by atoms with E-state index in [9.17, 15) is 14.4 Å². The highest BCUT2D eigenvalue weighted by molar-refractivity contribution is 5.99. The molecule has 0 aliphatic carbocycles. The number of benzene rings is 1. The average molecular weight is 330 g/mol. The van der Waals surface area contributed by atoms with Gasteiger partial charge < -0.3 is 15.5 Å². The standard InChI is InChI=1S/C17H22N4O3/c18-15(22)12-19-7-9-20(10-8-19)17(24)13-3-1-4-14(11-13)21-6-2-5-16(21)23/h1,3-4,11H,2,5-10,12H2,(H2,18,22). The molecule has 3 amide bonds. The van der Waals surface area contributed by atoms with E-state index < -0.39 is 0 Å². The summed E-state index contributed by atoms with van der Waals surface area (Å²) < 4.78 is 0. The minimum absolute atomic E-state index is 0.0396. The number of amides is 3. The first kappa shape index (κ1) is 16.4. The van der Waals surface area contributed by atoms with E-state index in [1.807, 2.05) is 17.0 Å². The van der Waals surface area contributed by atoms with E-state index in [2.05, 4.69) is 0 Å². The van der Waals surface area contributed by atoms with E-state index in [4.69, 9.17) is 5.73 Å². The van der Waals surface area contributed by atoms with Gasteiger partial charge in [-0.2, -0.15) is 0 Å². The number of carbonyl (C=O) groups is 3. The van der Waals surface area contributed by atoms with Crippen molar-refractivity contribution in [3.63, 3.8) is 0 Å². The third kappa shape index (κ3) is 3.56. The van der Waals surface area contributed by atoms with Crippen molar-refractivity contribution in [1.82, 2.24) is 9.80 Å². The number of carbonyl (C=O) groups excluding carboxylic acids is 3. The molecule has 1 aromatic carbocycles. The SMILES string of the molecule is NC(=O)CN1CCN(C(=O)c2cccc(N3CCCC3=O)c2)CC1. The Balaban J connectivity index is 1.65. The van der Waals surface area contributed by atoms with Gasteiger partial charge in [0.25, 0.3) is 5.91 Å². The van der Waals surface area contributed by atoms with Crippen LogP contribution < -0.4 is 10.6 Å². The molecule has 2 aliphatic heterocycles. The Bertz CT molecular complexity index is 653. The van der Waals surface area contributed by atoms with Crippen LogP contribution in [0.5, 0.6) is 0 Å². The Hall–Kier alpha value is -2.41. The number of nitrogens with two attached hydrogens (primary N) is 1. The molecule has 2 heterocycles.